The van der Waals surface area contributed by atoms with Crippen molar-refractivity contribution in [1.82, 2.24) is 0 Å². The molecule has 0 saturated heterocycles. The molecule has 0 spiro atoms. The van der Waals surface area contributed by atoms with Crippen molar-refractivity contribution in [3.63, 3.8) is 0 Å². The standard InChI is InChI=1S/C17H28O9/c1-3-5-16(21)25-11-14(19)9-23-7-13(18)8-24-10-15(20)12-26-17(22)6-4-2/h3-6,13-15,18-20H,7-12H2,1-2H3. The molecule has 0 aliphatic heterocycles. The predicted molar refractivity (Wildman–Crippen MR) is 91.2 cm³/mol. The van der Waals surface area contributed by atoms with E-state index in [9.17, 15) is 24.9 Å². The van der Waals surface area contributed by atoms with Gasteiger partial charge < -0.3 is 34.3 Å². The number of carbonyl (C=O) groups excluding carboxylic acids is 2. The van der Waals surface area contributed by atoms with Crippen LogP contribution in [-0.2, 0) is 28.5 Å². The van der Waals surface area contributed by atoms with Crippen LogP contribution in [0.5, 0.6) is 0 Å². The number of carbonyl (C=O) groups is 2. The van der Waals surface area contributed by atoms with Crippen LogP contribution in [-0.4, -0.2) is 85.2 Å². The highest BCUT2D eigenvalue weighted by Crippen LogP contribution is 1.95. The van der Waals surface area contributed by atoms with E-state index in [1.807, 2.05) is 0 Å². The highest BCUT2D eigenvalue weighted by Gasteiger charge is 2.12. The van der Waals surface area contributed by atoms with E-state index in [0.29, 0.717) is 0 Å². The van der Waals surface area contributed by atoms with Gasteiger partial charge in [-0.2, -0.15) is 0 Å². The average Bonchev–Trinajstić information content (AvgIpc) is 2.59. The van der Waals surface area contributed by atoms with Gasteiger partial charge in [-0.15, -0.1) is 0 Å². The second kappa shape index (κ2) is 15.5. The Bertz CT molecular complexity index is 408. The number of hydrogen-bond acceptors (Lipinski definition) is 9. The number of aliphatic hydroxyl groups is 3. The SMILES string of the molecule is CC=CC(=O)OCC(O)COCC(O)COCC(O)COC(=O)C=CC. The van der Waals surface area contributed by atoms with Crippen molar-refractivity contribution in [1.29, 1.82) is 0 Å². The molecule has 0 saturated carbocycles. The lowest BCUT2D eigenvalue weighted by Gasteiger charge is -2.16. The Balaban J connectivity index is 3.68. The smallest absolute Gasteiger partial charge is 0.330 e. The molecule has 0 bridgehead atoms. The maximum Gasteiger partial charge on any atom is 0.330 e. The zero-order chi connectivity index (χ0) is 19.8. The molecule has 9 nitrogen and oxygen atoms in total. The number of hydrogen-bond donors (Lipinski definition) is 3. The Morgan fingerprint density at radius 3 is 1.31 bits per heavy atom. The molecule has 0 aromatic rings. The summed E-state index contributed by atoms with van der Waals surface area (Å²) in [6.07, 6.45) is 2.51. The van der Waals surface area contributed by atoms with Gasteiger partial charge in [-0.25, -0.2) is 9.59 Å². The van der Waals surface area contributed by atoms with Crippen molar-refractivity contribution >= 4 is 11.9 Å². The fourth-order valence-corrected chi connectivity index (χ4v) is 1.55. The van der Waals surface area contributed by atoms with E-state index in [-0.39, 0.29) is 39.6 Å². The Kier molecular flexibility index (Phi) is 14.4. The van der Waals surface area contributed by atoms with E-state index in [4.69, 9.17) is 18.9 Å². The Morgan fingerprint density at radius 2 is 1.00 bits per heavy atom. The van der Waals surface area contributed by atoms with E-state index in [1.54, 1.807) is 13.8 Å². The molecule has 0 aromatic carbocycles. The molecule has 26 heavy (non-hydrogen) atoms. The van der Waals surface area contributed by atoms with Crippen LogP contribution in [0.15, 0.2) is 24.3 Å². The molecule has 0 radical (unpaired) electrons. The van der Waals surface area contributed by atoms with Crippen molar-refractivity contribution in [3.8, 4) is 0 Å². The summed E-state index contributed by atoms with van der Waals surface area (Å²) in [5, 5.41) is 28.8. The number of allylic oxidation sites excluding steroid dienone is 2. The zero-order valence-corrected chi connectivity index (χ0v) is 15.1. The molecular weight excluding hydrogens is 348 g/mol. The fourth-order valence-electron chi connectivity index (χ4n) is 1.55. The highest BCUT2D eigenvalue weighted by molar-refractivity contribution is 5.82. The van der Waals surface area contributed by atoms with Crippen molar-refractivity contribution in [2.24, 2.45) is 0 Å². The minimum Gasteiger partial charge on any atom is -0.460 e. The maximum absolute atomic E-state index is 11.1. The molecule has 150 valence electrons. The quantitative estimate of drug-likeness (QED) is 0.267. The van der Waals surface area contributed by atoms with Gasteiger partial charge in [0.2, 0.25) is 0 Å². The molecule has 0 fully saturated rings. The first-order valence-electron chi connectivity index (χ1n) is 8.17. The predicted octanol–water partition coefficient (Wildman–Crippen LogP) is -0.659. The number of aliphatic hydroxyl groups excluding tert-OH is 3. The van der Waals surface area contributed by atoms with E-state index < -0.39 is 30.3 Å². The summed E-state index contributed by atoms with van der Waals surface area (Å²) < 4.78 is 19.6. The first kappa shape index (κ1) is 24.2. The maximum atomic E-state index is 11.1. The van der Waals surface area contributed by atoms with Gasteiger partial charge in [0.25, 0.3) is 0 Å². The lowest BCUT2D eigenvalue weighted by Crippen LogP contribution is -2.30. The molecular formula is C17H28O9. The summed E-state index contributed by atoms with van der Waals surface area (Å²) in [6.45, 7) is 2.45. The molecule has 0 heterocycles. The molecule has 0 aliphatic carbocycles. The minimum atomic E-state index is -1.01. The molecule has 2 unspecified atom stereocenters. The van der Waals surface area contributed by atoms with Crippen molar-refractivity contribution in [2.45, 2.75) is 32.2 Å². The second-order valence-corrected chi connectivity index (χ2v) is 5.30. The topological polar surface area (TPSA) is 132 Å². The number of rotatable bonds is 14. The molecule has 0 aliphatic rings. The van der Waals surface area contributed by atoms with Crippen LogP contribution in [0.25, 0.3) is 0 Å². The van der Waals surface area contributed by atoms with Crippen molar-refractivity contribution in [3.05, 3.63) is 24.3 Å². The van der Waals surface area contributed by atoms with E-state index in [0.717, 1.165) is 0 Å². The van der Waals surface area contributed by atoms with Crippen LogP contribution < -0.4 is 0 Å². The van der Waals surface area contributed by atoms with Crippen LogP contribution in [0.4, 0.5) is 0 Å². The van der Waals surface area contributed by atoms with Gasteiger partial charge in [0.15, 0.2) is 0 Å². The van der Waals surface area contributed by atoms with Crippen molar-refractivity contribution in [2.75, 3.05) is 39.6 Å². The van der Waals surface area contributed by atoms with Crippen LogP contribution in [0, 0.1) is 0 Å². The lowest BCUT2D eigenvalue weighted by molar-refractivity contribution is -0.142. The van der Waals surface area contributed by atoms with Gasteiger partial charge in [0, 0.05) is 12.2 Å². The molecule has 0 amide bonds. The van der Waals surface area contributed by atoms with Gasteiger partial charge in [-0.1, -0.05) is 12.2 Å². The van der Waals surface area contributed by atoms with Crippen molar-refractivity contribution < 1.29 is 43.9 Å². The molecule has 0 aromatic heterocycles. The summed E-state index contributed by atoms with van der Waals surface area (Å²) in [6, 6.07) is 0. The number of ether oxygens (including phenoxy) is 4. The lowest BCUT2D eigenvalue weighted by atomic mass is 10.3. The second-order valence-electron chi connectivity index (χ2n) is 5.30. The van der Waals surface area contributed by atoms with Gasteiger partial charge in [0.05, 0.1) is 26.4 Å². The highest BCUT2D eigenvalue weighted by atomic mass is 16.6. The van der Waals surface area contributed by atoms with Crippen LogP contribution in [0.3, 0.4) is 0 Å². The first-order chi connectivity index (χ1) is 12.4. The zero-order valence-electron chi connectivity index (χ0n) is 15.1. The third-order valence-electron chi connectivity index (χ3n) is 2.68. The summed E-state index contributed by atoms with van der Waals surface area (Å²) in [4.78, 5) is 22.1. The largest absolute Gasteiger partial charge is 0.460 e. The van der Waals surface area contributed by atoms with Gasteiger partial charge >= 0.3 is 11.9 Å². The molecule has 9 heteroatoms. The van der Waals surface area contributed by atoms with Crippen LogP contribution >= 0.6 is 0 Å². The minimum absolute atomic E-state index is 0.105. The van der Waals surface area contributed by atoms with Crippen LogP contribution in [0.1, 0.15) is 13.8 Å². The average molecular weight is 376 g/mol. The molecule has 0 rings (SSSR count). The van der Waals surface area contributed by atoms with Gasteiger partial charge in [-0.05, 0) is 13.8 Å². The first-order valence-corrected chi connectivity index (χ1v) is 8.17. The third kappa shape index (κ3) is 14.6. The van der Waals surface area contributed by atoms with E-state index in [2.05, 4.69) is 0 Å². The Morgan fingerprint density at radius 1 is 0.692 bits per heavy atom. The summed E-state index contributed by atoms with van der Waals surface area (Å²) >= 11 is 0. The molecule has 3 N–H and O–H groups in total. The summed E-state index contributed by atoms with van der Waals surface area (Å²) in [5.74, 6) is -1.12. The third-order valence-corrected chi connectivity index (χ3v) is 2.68. The van der Waals surface area contributed by atoms with E-state index >= 15 is 0 Å². The fraction of sp³-hybridized carbons (Fsp3) is 0.647. The summed E-state index contributed by atoms with van der Waals surface area (Å²) in [5.41, 5.74) is 0. The normalized spacial score (nSPS) is 15.1. The van der Waals surface area contributed by atoms with Crippen LogP contribution in [0.2, 0.25) is 0 Å². The number of esters is 2. The molecule has 2 atom stereocenters. The summed E-state index contributed by atoms with van der Waals surface area (Å²) in [7, 11) is 0. The monoisotopic (exact) mass is 376 g/mol. The Hall–Kier alpha value is -1.78. The van der Waals surface area contributed by atoms with Gasteiger partial charge in [-0.3, -0.25) is 0 Å². The van der Waals surface area contributed by atoms with E-state index in [1.165, 1.54) is 24.3 Å². The Labute approximate surface area is 152 Å². The van der Waals surface area contributed by atoms with Gasteiger partial charge in [0.1, 0.15) is 31.5 Å².